The van der Waals surface area contributed by atoms with E-state index >= 15 is 0 Å². The molecular formula is C16H21N5O. The van der Waals surface area contributed by atoms with E-state index in [1.54, 1.807) is 17.9 Å². The van der Waals surface area contributed by atoms with Crippen LogP contribution in [0.4, 0.5) is 0 Å². The molecule has 3 rings (SSSR count). The first-order valence-corrected chi connectivity index (χ1v) is 7.63. The van der Waals surface area contributed by atoms with Crippen molar-refractivity contribution in [2.75, 3.05) is 6.54 Å². The van der Waals surface area contributed by atoms with Gasteiger partial charge in [0.15, 0.2) is 0 Å². The van der Waals surface area contributed by atoms with E-state index in [0.717, 1.165) is 18.5 Å². The first-order chi connectivity index (χ1) is 10.7. The molecule has 116 valence electrons. The van der Waals surface area contributed by atoms with Crippen LogP contribution in [0, 0.1) is 0 Å². The summed E-state index contributed by atoms with van der Waals surface area (Å²) >= 11 is 0. The molecule has 1 atom stereocenters. The van der Waals surface area contributed by atoms with E-state index in [4.69, 9.17) is 5.73 Å². The van der Waals surface area contributed by atoms with E-state index in [1.807, 2.05) is 12.1 Å². The van der Waals surface area contributed by atoms with E-state index in [9.17, 15) is 4.79 Å². The van der Waals surface area contributed by atoms with Gasteiger partial charge in [-0.1, -0.05) is 11.3 Å². The summed E-state index contributed by atoms with van der Waals surface area (Å²) in [7, 11) is 1.80. The highest BCUT2D eigenvalue weighted by Gasteiger charge is 2.20. The van der Waals surface area contributed by atoms with Crippen molar-refractivity contribution >= 4 is 5.91 Å². The maximum atomic E-state index is 12.3. The number of carbonyl (C=O) groups is 1. The number of carbonyl (C=O) groups excluding carboxylic acids is 1. The van der Waals surface area contributed by atoms with Gasteiger partial charge in [0, 0.05) is 12.6 Å². The number of hydrogen-bond donors (Lipinski definition) is 2. The fourth-order valence-electron chi connectivity index (χ4n) is 3.03. The molecule has 1 amide bonds. The second kappa shape index (κ2) is 6.27. The second-order valence-corrected chi connectivity index (χ2v) is 5.77. The molecule has 6 nitrogen and oxygen atoms in total. The van der Waals surface area contributed by atoms with Crippen LogP contribution in [0.3, 0.4) is 0 Å². The van der Waals surface area contributed by atoms with Crippen molar-refractivity contribution in [2.45, 2.75) is 31.7 Å². The van der Waals surface area contributed by atoms with Crippen LogP contribution in [-0.2, 0) is 20.0 Å². The van der Waals surface area contributed by atoms with Crippen molar-refractivity contribution in [1.29, 1.82) is 0 Å². The van der Waals surface area contributed by atoms with Crippen molar-refractivity contribution in [3.63, 3.8) is 0 Å². The molecule has 0 bridgehead atoms. The van der Waals surface area contributed by atoms with Gasteiger partial charge in [0.1, 0.15) is 0 Å². The predicted molar refractivity (Wildman–Crippen MR) is 83.3 cm³/mol. The molecule has 1 aliphatic rings. The molecule has 1 heterocycles. The van der Waals surface area contributed by atoms with Gasteiger partial charge in [0.05, 0.1) is 18.4 Å². The van der Waals surface area contributed by atoms with Crippen LogP contribution >= 0.6 is 0 Å². The first kappa shape index (κ1) is 14.7. The molecule has 2 aromatic rings. The molecule has 0 fully saturated rings. The number of hydrogen-bond acceptors (Lipinski definition) is 4. The van der Waals surface area contributed by atoms with Gasteiger partial charge < -0.3 is 11.1 Å². The van der Waals surface area contributed by atoms with Crippen LogP contribution in [-0.4, -0.2) is 27.4 Å². The highest BCUT2D eigenvalue weighted by atomic mass is 16.1. The minimum Gasteiger partial charge on any atom is -0.346 e. The lowest BCUT2D eigenvalue weighted by Crippen LogP contribution is -2.25. The lowest BCUT2D eigenvalue weighted by Gasteiger charge is -2.24. The highest BCUT2D eigenvalue weighted by Crippen LogP contribution is 2.31. The molecule has 22 heavy (non-hydrogen) atoms. The number of nitrogens with two attached hydrogens (primary N) is 1. The number of aromatic nitrogens is 3. The molecule has 3 N–H and O–H groups in total. The molecule has 1 unspecified atom stereocenters. The molecule has 1 aliphatic carbocycles. The maximum Gasteiger partial charge on any atom is 0.251 e. The Balaban J connectivity index is 1.74. The maximum absolute atomic E-state index is 12.3. The molecule has 0 saturated carbocycles. The number of benzene rings is 1. The SMILES string of the molecule is Cn1nncc1CNC(=O)c1ccc2c(c1)C(CN)CCC2. The first-order valence-electron chi connectivity index (χ1n) is 7.63. The number of fused-ring (bicyclic) bond motifs is 1. The van der Waals surface area contributed by atoms with Crippen LogP contribution in [0.15, 0.2) is 24.4 Å². The Morgan fingerprint density at radius 1 is 1.50 bits per heavy atom. The van der Waals surface area contributed by atoms with Gasteiger partial charge in [-0.15, -0.1) is 5.10 Å². The summed E-state index contributed by atoms with van der Waals surface area (Å²) in [6.07, 6.45) is 5.01. The van der Waals surface area contributed by atoms with Crippen LogP contribution in [0.1, 0.15) is 45.9 Å². The van der Waals surface area contributed by atoms with Gasteiger partial charge in [0.2, 0.25) is 0 Å². The van der Waals surface area contributed by atoms with Gasteiger partial charge in [0.25, 0.3) is 5.91 Å². The van der Waals surface area contributed by atoms with Crippen molar-refractivity contribution in [3.8, 4) is 0 Å². The Labute approximate surface area is 129 Å². The van der Waals surface area contributed by atoms with Crippen LogP contribution in [0.2, 0.25) is 0 Å². The van der Waals surface area contributed by atoms with Gasteiger partial charge in [-0.3, -0.25) is 9.48 Å². The number of aryl methyl sites for hydroxylation is 2. The summed E-state index contributed by atoms with van der Waals surface area (Å²) < 4.78 is 1.65. The quantitative estimate of drug-likeness (QED) is 0.886. The third-order valence-corrected chi connectivity index (χ3v) is 4.37. The number of amides is 1. The summed E-state index contributed by atoms with van der Waals surface area (Å²) in [4.78, 5) is 12.3. The van der Waals surface area contributed by atoms with E-state index in [0.29, 0.717) is 24.6 Å². The fourth-order valence-corrected chi connectivity index (χ4v) is 3.03. The van der Waals surface area contributed by atoms with Gasteiger partial charge in [-0.25, -0.2) is 0 Å². The average molecular weight is 299 g/mol. The van der Waals surface area contributed by atoms with E-state index < -0.39 is 0 Å². The van der Waals surface area contributed by atoms with Gasteiger partial charge >= 0.3 is 0 Å². The van der Waals surface area contributed by atoms with Crippen LogP contribution in [0.5, 0.6) is 0 Å². The van der Waals surface area contributed by atoms with E-state index in [2.05, 4.69) is 21.7 Å². The van der Waals surface area contributed by atoms with Crippen molar-refractivity contribution in [1.82, 2.24) is 20.3 Å². The third kappa shape index (κ3) is 2.87. The molecule has 0 spiro atoms. The number of nitrogens with zero attached hydrogens (tertiary/aromatic N) is 3. The zero-order chi connectivity index (χ0) is 15.5. The van der Waals surface area contributed by atoms with E-state index in [1.165, 1.54) is 17.5 Å². The predicted octanol–water partition coefficient (Wildman–Crippen LogP) is 1.12. The summed E-state index contributed by atoms with van der Waals surface area (Å²) in [5, 5.41) is 10.6. The van der Waals surface area contributed by atoms with Crippen LogP contribution in [0.25, 0.3) is 0 Å². The Bertz CT molecular complexity index is 679. The monoisotopic (exact) mass is 299 g/mol. The largest absolute Gasteiger partial charge is 0.346 e. The summed E-state index contributed by atoms with van der Waals surface area (Å²) in [5.41, 5.74) is 9.99. The lowest BCUT2D eigenvalue weighted by molar-refractivity contribution is 0.0950. The third-order valence-electron chi connectivity index (χ3n) is 4.37. The Kier molecular flexibility index (Phi) is 4.20. The number of rotatable bonds is 4. The normalized spacial score (nSPS) is 17.1. The van der Waals surface area contributed by atoms with Gasteiger partial charge in [-0.05, 0) is 55.0 Å². The standard InChI is InChI=1S/C16H21N5O/c1-21-14(10-19-20-21)9-18-16(22)12-6-5-11-3-2-4-13(8-17)15(11)7-12/h5-7,10,13H,2-4,8-9,17H2,1H3,(H,18,22). The Hall–Kier alpha value is -2.21. The second-order valence-electron chi connectivity index (χ2n) is 5.77. The number of nitrogens with one attached hydrogen (secondary N) is 1. The topological polar surface area (TPSA) is 85.8 Å². The lowest BCUT2D eigenvalue weighted by atomic mass is 9.82. The molecule has 0 saturated heterocycles. The van der Waals surface area contributed by atoms with Gasteiger partial charge in [-0.2, -0.15) is 0 Å². The van der Waals surface area contributed by atoms with Crippen molar-refractivity contribution in [3.05, 3.63) is 46.8 Å². The summed E-state index contributed by atoms with van der Waals surface area (Å²) in [6.45, 7) is 1.05. The summed E-state index contributed by atoms with van der Waals surface area (Å²) in [6, 6.07) is 5.97. The average Bonchev–Trinajstić information content (AvgIpc) is 2.96. The Morgan fingerprint density at radius 2 is 2.36 bits per heavy atom. The smallest absolute Gasteiger partial charge is 0.251 e. The molecule has 1 aromatic heterocycles. The molecule has 0 radical (unpaired) electrons. The molecule has 0 aliphatic heterocycles. The minimum atomic E-state index is -0.0784. The summed E-state index contributed by atoms with van der Waals surface area (Å²) in [5.74, 6) is 0.295. The highest BCUT2D eigenvalue weighted by molar-refractivity contribution is 5.94. The van der Waals surface area contributed by atoms with Crippen molar-refractivity contribution in [2.24, 2.45) is 12.8 Å². The molecular weight excluding hydrogens is 278 g/mol. The fraction of sp³-hybridized carbons (Fsp3) is 0.438. The zero-order valence-electron chi connectivity index (χ0n) is 12.7. The zero-order valence-corrected chi connectivity index (χ0v) is 12.7. The van der Waals surface area contributed by atoms with Crippen LogP contribution < -0.4 is 11.1 Å². The molecule has 6 heteroatoms. The Morgan fingerprint density at radius 3 is 3.09 bits per heavy atom. The molecule has 1 aromatic carbocycles. The van der Waals surface area contributed by atoms with Crippen molar-refractivity contribution < 1.29 is 4.79 Å². The minimum absolute atomic E-state index is 0.0784. The van der Waals surface area contributed by atoms with E-state index in [-0.39, 0.29) is 5.91 Å².